The van der Waals surface area contributed by atoms with Crippen LogP contribution in [0.4, 0.5) is 4.39 Å². The Kier molecular flexibility index (Phi) is 1.58. The first-order chi connectivity index (χ1) is 7.70. The molecule has 5 heteroatoms. The van der Waals surface area contributed by atoms with E-state index in [9.17, 15) is 9.18 Å². The molecule has 0 spiro atoms. The second kappa shape index (κ2) is 3.70. The number of carbonyl (C=O) groups is 1. The van der Waals surface area contributed by atoms with Crippen molar-refractivity contribution < 1.29 is 19.4 Å². The van der Waals surface area contributed by atoms with Crippen molar-refractivity contribution in [3.05, 3.63) is 28.3 Å². The van der Waals surface area contributed by atoms with Gasteiger partial charge < -0.3 is 4.74 Å². The third-order valence-electron chi connectivity index (χ3n) is 1.32. The SMILES string of the molecule is [2H]c1nc(Cl)c(C([2H])([2H])[2H])c(C(=O)OC)c1F. The number of carbonyl (C=O) groups excluding carboxylic acids is 1. The normalized spacial score (nSPS) is 15.3. The molecule has 0 saturated heterocycles. The maximum Gasteiger partial charge on any atom is 0.341 e. The number of hydrogen-bond donors (Lipinski definition) is 0. The van der Waals surface area contributed by atoms with Crippen LogP contribution in [0.1, 0.15) is 21.4 Å². The van der Waals surface area contributed by atoms with E-state index in [1.165, 1.54) is 0 Å². The Balaban J connectivity index is 3.68. The van der Waals surface area contributed by atoms with Crippen molar-refractivity contribution in [2.75, 3.05) is 7.11 Å². The number of rotatable bonds is 1. The highest BCUT2D eigenvalue weighted by atomic mass is 35.5. The first kappa shape index (κ1) is 5.54. The Morgan fingerprint density at radius 3 is 3.15 bits per heavy atom. The van der Waals surface area contributed by atoms with Crippen LogP contribution in [-0.2, 0) is 4.74 Å². The maximum absolute atomic E-state index is 13.6. The molecular weight excluding hydrogens is 197 g/mol. The van der Waals surface area contributed by atoms with Gasteiger partial charge >= 0.3 is 5.97 Å². The van der Waals surface area contributed by atoms with Crippen LogP contribution in [0.5, 0.6) is 0 Å². The average Bonchev–Trinajstić information content (AvgIpc) is 2.19. The van der Waals surface area contributed by atoms with Gasteiger partial charge in [-0.05, 0) is 6.85 Å². The van der Waals surface area contributed by atoms with Crippen LogP contribution in [0, 0.1) is 12.7 Å². The standard InChI is InChI=1S/C8H7ClFNO2/c1-4-6(8(12)13-2)5(10)3-11-7(4)9/h3H,1-2H3/i1D3,3D. The zero-order valence-electron chi connectivity index (χ0n) is 10.5. The summed E-state index contributed by atoms with van der Waals surface area (Å²) >= 11 is 5.53. The van der Waals surface area contributed by atoms with E-state index in [2.05, 4.69) is 9.72 Å². The Bertz CT molecular complexity index is 478. The molecule has 3 nitrogen and oxygen atoms in total. The second-order valence-corrected chi connectivity index (χ2v) is 2.43. The van der Waals surface area contributed by atoms with Crippen LogP contribution >= 0.6 is 11.6 Å². The van der Waals surface area contributed by atoms with E-state index in [1.54, 1.807) is 0 Å². The molecule has 0 unspecified atom stereocenters. The summed E-state index contributed by atoms with van der Waals surface area (Å²) in [6.07, 6.45) is -0.914. The molecule has 1 aromatic rings. The number of methoxy groups -OCH3 is 1. The van der Waals surface area contributed by atoms with Crippen LogP contribution in [0.2, 0.25) is 5.15 Å². The third-order valence-corrected chi connectivity index (χ3v) is 1.59. The lowest BCUT2D eigenvalue weighted by molar-refractivity contribution is 0.0594. The minimum atomic E-state index is -2.83. The van der Waals surface area contributed by atoms with Crippen molar-refractivity contribution in [1.29, 1.82) is 0 Å². The van der Waals surface area contributed by atoms with Gasteiger partial charge in [0.2, 0.25) is 0 Å². The highest BCUT2D eigenvalue weighted by molar-refractivity contribution is 6.30. The highest BCUT2D eigenvalue weighted by Crippen LogP contribution is 2.19. The van der Waals surface area contributed by atoms with E-state index >= 15 is 0 Å². The summed E-state index contributed by atoms with van der Waals surface area (Å²) in [5.74, 6) is -2.58. The zero-order valence-corrected chi connectivity index (χ0v) is 7.28. The van der Waals surface area contributed by atoms with Crippen molar-refractivity contribution in [3.63, 3.8) is 0 Å². The molecule has 1 aromatic heterocycles. The molecule has 0 atom stereocenters. The molecule has 1 rings (SSSR count). The number of nitrogens with zero attached hydrogens (tertiary/aromatic N) is 1. The Morgan fingerprint density at radius 1 is 1.92 bits per heavy atom. The number of hydrogen-bond acceptors (Lipinski definition) is 3. The topological polar surface area (TPSA) is 39.2 Å². The third kappa shape index (κ3) is 1.78. The molecule has 0 radical (unpaired) electrons. The molecule has 13 heavy (non-hydrogen) atoms. The van der Waals surface area contributed by atoms with Crippen LogP contribution in [0.25, 0.3) is 0 Å². The van der Waals surface area contributed by atoms with E-state index < -0.39 is 41.1 Å². The monoisotopic (exact) mass is 207 g/mol. The Labute approximate surface area is 85.1 Å². The molecule has 0 aliphatic heterocycles. The quantitative estimate of drug-likeness (QED) is 0.522. The van der Waals surface area contributed by atoms with Gasteiger partial charge in [-0.15, -0.1) is 0 Å². The fourth-order valence-electron chi connectivity index (χ4n) is 0.717. The molecule has 0 N–H and O–H groups in total. The summed E-state index contributed by atoms with van der Waals surface area (Å²) in [6, 6.07) is 0. The predicted octanol–water partition coefficient (Wildman–Crippen LogP) is 1.97. The van der Waals surface area contributed by atoms with E-state index in [0.29, 0.717) is 0 Å². The predicted molar refractivity (Wildman–Crippen MR) is 45.3 cm³/mol. The lowest BCUT2D eigenvalue weighted by Gasteiger charge is -2.05. The van der Waals surface area contributed by atoms with E-state index in [-0.39, 0.29) is 0 Å². The van der Waals surface area contributed by atoms with Gasteiger partial charge in [0.25, 0.3) is 0 Å². The molecule has 0 bridgehead atoms. The second-order valence-electron chi connectivity index (χ2n) is 2.07. The number of halogens is 2. The number of esters is 1. The van der Waals surface area contributed by atoms with E-state index in [0.717, 1.165) is 7.11 Å². The molecule has 70 valence electrons. The summed E-state index contributed by atoms with van der Waals surface area (Å²) in [4.78, 5) is 14.5. The van der Waals surface area contributed by atoms with Crippen LogP contribution in [0.3, 0.4) is 0 Å². The van der Waals surface area contributed by atoms with E-state index in [4.69, 9.17) is 17.1 Å². The first-order valence-corrected chi connectivity index (χ1v) is 3.52. The van der Waals surface area contributed by atoms with Crippen molar-refractivity contribution in [3.8, 4) is 0 Å². The van der Waals surface area contributed by atoms with E-state index in [1.807, 2.05) is 0 Å². The van der Waals surface area contributed by atoms with Crippen molar-refractivity contribution >= 4 is 17.6 Å². The highest BCUT2D eigenvalue weighted by Gasteiger charge is 2.17. The molecule has 0 amide bonds. The van der Waals surface area contributed by atoms with Crippen LogP contribution in [-0.4, -0.2) is 18.1 Å². The van der Waals surface area contributed by atoms with Gasteiger partial charge in [0.15, 0.2) is 5.82 Å². The van der Waals surface area contributed by atoms with Gasteiger partial charge in [0.05, 0.1) is 14.7 Å². The van der Waals surface area contributed by atoms with Gasteiger partial charge in [-0.2, -0.15) is 0 Å². The lowest BCUT2D eigenvalue weighted by atomic mass is 10.1. The summed E-state index contributed by atoms with van der Waals surface area (Å²) < 4.78 is 46.4. The van der Waals surface area contributed by atoms with Gasteiger partial charge in [-0.25, -0.2) is 14.2 Å². The molecule has 0 saturated carbocycles. The molecule has 0 aliphatic carbocycles. The Morgan fingerprint density at radius 2 is 2.62 bits per heavy atom. The molecule has 0 fully saturated rings. The van der Waals surface area contributed by atoms with Crippen molar-refractivity contribution in [2.45, 2.75) is 6.85 Å². The minimum absolute atomic E-state index is 0.614. The van der Waals surface area contributed by atoms with Crippen molar-refractivity contribution in [2.24, 2.45) is 0 Å². The fourth-order valence-corrected chi connectivity index (χ4v) is 0.853. The first-order valence-electron chi connectivity index (χ1n) is 5.14. The lowest BCUT2D eigenvalue weighted by Crippen LogP contribution is -2.08. The smallest absolute Gasteiger partial charge is 0.341 e. The zero-order chi connectivity index (χ0) is 13.4. The number of ether oxygens (including phenoxy) is 1. The fraction of sp³-hybridized carbons (Fsp3) is 0.250. The van der Waals surface area contributed by atoms with Crippen LogP contribution in [0.15, 0.2) is 6.17 Å². The average molecular weight is 208 g/mol. The van der Waals surface area contributed by atoms with Gasteiger partial charge in [-0.1, -0.05) is 11.6 Å². The molecule has 0 aliphatic rings. The van der Waals surface area contributed by atoms with Crippen molar-refractivity contribution in [1.82, 2.24) is 4.98 Å². The maximum atomic E-state index is 13.6. The molecule has 1 heterocycles. The molecular formula is C8H7ClFNO2. The summed E-state index contributed by atoms with van der Waals surface area (Å²) in [5, 5.41) is -0.614. The summed E-state index contributed by atoms with van der Waals surface area (Å²) in [5.41, 5.74) is -1.63. The Hall–Kier alpha value is -1.16. The largest absolute Gasteiger partial charge is 0.465 e. The minimum Gasteiger partial charge on any atom is -0.465 e. The number of aromatic nitrogens is 1. The van der Waals surface area contributed by atoms with Crippen LogP contribution < -0.4 is 0 Å². The molecule has 0 aromatic carbocycles. The van der Waals surface area contributed by atoms with Gasteiger partial charge in [-0.3, -0.25) is 0 Å². The number of pyridine rings is 1. The summed E-state index contributed by atoms with van der Waals surface area (Å²) in [7, 11) is 0.961. The summed E-state index contributed by atoms with van der Waals surface area (Å²) in [6.45, 7) is -2.83. The van der Waals surface area contributed by atoms with Gasteiger partial charge in [0.1, 0.15) is 10.7 Å². The van der Waals surface area contributed by atoms with Gasteiger partial charge in [0, 0.05) is 9.68 Å².